The quantitative estimate of drug-likeness (QED) is 0.0948. The number of hydrogen-bond donors (Lipinski definition) is 1. The molecule has 1 aliphatic heterocycles. The molecule has 6 rings (SSSR count). The summed E-state index contributed by atoms with van der Waals surface area (Å²) in [4.78, 5) is 14.3. The highest BCUT2D eigenvalue weighted by Crippen LogP contribution is 2.42. The molecule has 3 heterocycles. The predicted molar refractivity (Wildman–Crippen MR) is 173 cm³/mol. The van der Waals surface area contributed by atoms with Crippen LogP contribution in [0.1, 0.15) is 43.2 Å². The van der Waals surface area contributed by atoms with Gasteiger partial charge in [-0.2, -0.15) is 9.97 Å². The number of anilines is 1. The normalized spacial score (nSPS) is 20.1. The first-order valence-corrected chi connectivity index (χ1v) is 15.2. The number of halogens is 1. The summed E-state index contributed by atoms with van der Waals surface area (Å²) in [6.07, 6.45) is 3.70. The van der Waals surface area contributed by atoms with Crippen molar-refractivity contribution >= 4 is 28.7 Å². The Labute approximate surface area is 262 Å². The Balaban J connectivity index is 1.51. The van der Waals surface area contributed by atoms with Gasteiger partial charge in [-0.15, -0.1) is 6.58 Å². The molecule has 4 atom stereocenters. The maximum atomic E-state index is 6.82. The van der Waals surface area contributed by atoms with Gasteiger partial charge in [0.15, 0.2) is 17.0 Å². The molecular weight excluding hydrogens is 574 g/mol. The second kappa shape index (κ2) is 12.8. The monoisotopic (exact) mass is 609 g/mol. The molecule has 44 heavy (non-hydrogen) atoms. The summed E-state index contributed by atoms with van der Waals surface area (Å²) in [7, 11) is 1.66. The Morgan fingerprint density at radius 1 is 0.977 bits per heavy atom. The molecule has 0 amide bonds. The van der Waals surface area contributed by atoms with Crippen LogP contribution >= 0.6 is 11.6 Å². The number of aromatic nitrogens is 4. The van der Waals surface area contributed by atoms with Crippen molar-refractivity contribution in [3.8, 4) is 5.75 Å². The molecule has 1 N–H and O–H groups in total. The molecular formula is C35H36ClN5O3. The molecule has 0 radical (unpaired) electrons. The van der Waals surface area contributed by atoms with Crippen LogP contribution < -0.4 is 10.1 Å². The Bertz CT molecular complexity index is 1670. The summed E-state index contributed by atoms with van der Waals surface area (Å²) in [5.41, 5.74) is 3.14. The van der Waals surface area contributed by atoms with E-state index in [2.05, 4.69) is 67.1 Å². The third-order valence-electron chi connectivity index (χ3n) is 8.40. The zero-order valence-corrected chi connectivity index (χ0v) is 25.8. The minimum absolute atomic E-state index is 0.0288. The van der Waals surface area contributed by atoms with Gasteiger partial charge in [-0.05, 0) is 35.2 Å². The van der Waals surface area contributed by atoms with Gasteiger partial charge in [0.1, 0.15) is 22.9 Å². The van der Waals surface area contributed by atoms with Crippen molar-refractivity contribution in [1.29, 1.82) is 0 Å². The summed E-state index contributed by atoms with van der Waals surface area (Å²) < 4.78 is 20.1. The van der Waals surface area contributed by atoms with E-state index in [-0.39, 0.29) is 23.3 Å². The lowest BCUT2D eigenvalue weighted by molar-refractivity contribution is -0.0561. The van der Waals surface area contributed by atoms with Gasteiger partial charge in [0, 0.05) is 5.92 Å². The van der Waals surface area contributed by atoms with Gasteiger partial charge in [0.2, 0.25) is 5.95 Å². The SMILES string of the molecule is C=CCO[C@@H]1[C@H](C)[C@@H](CC)O[C@H]1n1cnc2c(Cl)nc(NC(c3ccccc3)(c3ccccc3)c3ccc(OC)cc3)nc21. The van der Waals surface area contributed by atoms with Crippen molar-refractivity contribution in [2.45, 2.75) is 44.2 Å². The van der Waals surface area contributed by atoms with Gasteiger partial charge in [-0.1, -0.05) is 104 Å². The molecule has 8 nitrogen and oxygen atoms in total. The van der Waals surface area contributed by atoms with Crippen LogP contribution in [0.15, 0.2) is 104 Å². The zero-order valence-electron chi connectivity index (χ0n) is 25.1. The van der Waals surface area contributed by atoms with Crippen molar-refractivity contribution in [3.05, 3.63) is 126 Å². The molecule has 5 aromatic rings. The van der Waals surface area contributed by atoms with Crippen molar-refractivity contribution < 1.29 is 14.2 Å². The second-order valence-electron chi connectivity index (χ2n) is 10.9. The summed E-state index contributed by atoms with van der Waals surface area (Å²) in [6, 6.07) is 28.5. The zero-order chi connectivity index (χ0) is 30.7. The number of methoxy groups -OCH3 is 1. The van der Waals surface area contributed by atoms with Crippen LogP contribution in [-0.2, 0) is 15.0 Å². The molecule has 1 aliphatic rings. The number of ether oxygens (including phenoxy) is 3. The standard InChI is InChI=1S/C35H36ClN5O3/c1-5-21-43-30-23(3)28(6-2)44-33(30)41-22-37-29-31(36)38-34(39-32(29)41)40-35(24-13-9-7-10-14-24,25-15-11-8-12-16-25)26-17-19-27(42-4)20-18-26/h5,7-20,22-23,28,30,33H,1,6,21H2,2-4H3,(H,38,39,40)/t23-,28-,30-,33-/m1/s1. The lowest BCUT2D eigenvalue weighted by Crippen LogP contribution is -2.38. The van der Waals surface area contributed by atoms with Gasteiger partial charge in [-0.25, -0.2) is 4.98 Å². The van der Waals surface area contributed by atoms with Gasteiger partial charge in [0.25, 0.3) is 0 Å². The number of fused-ring (bicyclic) bond motifs is 1. The summed E-state index contributed by atoms with van der Waals surface area (Å²) in [6.45, 7) is 8.51. The van der Waals surface area contributed by atoms with E-state index in [1.165, 1.54) is 0 Å². The maximum absolute atomic E-state index is 6.82. The first-order valence-electron chi connectivity index (χ1n) is 14.8. The lowest BCUT2D eigenvalue weighted by atomic mass is 9.77. The second-order valence-corrected chi connectivity index (χ2v) is 11.3. The van der Waals surface area contributed by atoms with E-state index in [9.17, 15) is 0 Å². The Hall–Kier alpha value is -4.24. The lowest BCUT2D eigenvalue weighted by Gasteiger charge is -2.37. The largest absolute Gasteiger partial charge is 0.497 e. The molecule has 1 saturated heterocycles. The number of hydrogen-bond acceptors (Lipinski definition) is 7. The highest BCUT2D eigenvalue weighted by molar-refractivity contribution is 6.33. The molecule has 0 bridgehead atoms. The average molecular weight is 610 g/mol. The molecule has 3 aromatic carbocycles. The highest BCUT2D eigenvalue weighted by Gasteiger charge is 2.44. The van der Waals surface area contributed by atoms with E-state index in [1.54, 1.807) is 19.5 Å². The first kappa shape index (κ1) is 29.8. The van der Waals surface area contributed by atoms with Crippen LogP contribution in [0.4, 0.5) is 5.95 Å². The van der Waals surface area contributed by atoms with Crippen molar-refractivity contribution in [2.75, 3.05) is 19.0 Å². The predicted octanol–water partition coefficient (Wildman–Crippen LogP) is 7.41. The van der Waals surface area contributed by atoms with Crippen LogP contribution in [0.2, 0.25) is 5.15 Å². The fourth-order valence-corrected chi connectivity index (χ4v) is 6.40. The number of nitrogens with zero attached hydrogens (tertiary/aromatic N) is 4. The van der Waals surface area contributed by atoms with E-state index in [0.717, 1.165) is 28.9 Å². The third kappa shape index (κ3) is 5.34. The third-order valence-corrected chi connectivity index (χ3v) is 8.66. The molecule has 0 unspecified atom stereocenters. The van der Waals surface area contributed by atoms with Gasteiger partial charge < -0.3 is 19.5 Å². The van der Waals surface area contributed by atoms with Crippen LogP contribution in [-0.4, -0.2) is 45.4 Å². The van der Waals surface area contributed by atoms with Crippen molar-refractivity contribution in [1.82, 2.24) is 19.5 Å². The van der Waals surface area contributed by atoms with Crippen molar-refractivity contribution in [2.24, 2.45) is 5.92 Å². The summed E-state index contributed by atoms with van der Waals surface area (Å²) in [5, 5.41) is 3.96. The van der Waals surface area contributed by atoms with E-state index in [4.69, 9.17) is 35.8 Å². The number of rotatable bonds is 11. The Morgan fingerprint density at radius 2 is 1.61 bits per heavy atom. The maximum Gasteiger partial charge on any atom is 0.227 e. The van der Waals surface area contributed by atoms with Crippen LogP contribution in [0.5, 0.6) is 5.75 Å². The molecule has 0 aliphatic carbocycles. The minimum atomic E-state index is -0.877. The summed E-state index contributed by atoms with van der Waals surface area (Å²) in [5.74, 6) is 1.27. The van der Waals surface area contributed by atoms with Crippen molar-refractivity contribution in [3.63, 3.8) is 0 Å². The Kier molecular flexibility index (Phi) is 8.66. The smallest absolute Gasteiger partial charge is 0.227 e. The molecule has 226 valence electrons. The fourth-order valence-electron chi connectivity index (χ4n) is 6.18. The first-order chi connectivity index (χ1) is 21.5. The van der Waals surface area contributed by atoms with E-state index >= 15 is 0 Å². The number of benzene rings is 3. The molecule has 0 spiro atoms. The molecule has 2 aromatic heterocycles. The topological polar surface area (TPSA) is 83.3 Å². The number of imidazole rings is 1. The molecule has 1 fully saturated rings. The van der Waals surface area contributed by atoms with E-state index in [0.29, 0.717) is 23.7 Å². The van der Waals surface area contributed by atoms with E-state index < -0.39 is 11.8 Å². The summed E-state index contributed by atoms with van der Waals surface area (Å²) >= 11 is 6.82. The Morgan fingerprint density at radius 3 is 2.20 bits per heavy atom. The average Bonchev–Trinajstić information content (AvgIpc) is 3.63. The van der Waals surface area contributed by atoms with Crippen LogP contribution in [0.25, 0.3) is 11.2 Å². The van der Waals surface area contributed by atoms with Gasteiger partial charge in [-0.3, -0.25) is 4.57 Å². The van der Waals surface area contributed by atoms with Crippen LogP contribution in [0, 0.1) is 5.92 Å². The van der Waals surface area contributed by atoms with E-state index in [1.807, 2.05) is 53.1 Å². The number of nitrogens with one attached hydrogen (secondary N) is 1. The molecule has 0 saturated carbocycles. The van der Waals surface area contributed by atoms with Gasteiger partial charge in [0.05, 0.1) is 26.1 Å². The molecule has 9 heteroatoms. The highest BCUT2D eigenvalue weighted by atomic mass is 35.5. The van der Waals surface area contributed by atoms with Gasteiger partial charge >= 0.3 is 0 Å². The minimum Gasteiger partial charge on any atom is -0.497 e. The fraction of sp³-hybridized carbons (Fsp3) is 0.286. The van der Waals surface area contributed by atoms with Crippen LogP contribution in [0.3, 0.4) is 0 Å².